The van der Waals surface area contributed by atoms with Crippen LogP contribution < -0.4 is 5.32 Å². The van der Waals surface area contributed by atoms with Gasteiger partial charge in [0.25, 0.3) is 0 Å². The van der Waals surface area contributed by atoms with Crippen molar-refractivity contribution in [2.24, 2.45) is 0 Å². The maximum absolute atomic E-state index is 12.1. The molecule has 0 aromatic heterocycles. The van der Waals surface area contributed by atoms with E-state index in [1.54, 1.807) is 6.92 Å². The van der Waals surface area contributed by atoms with Crippen molar-refractivity contribution in [1.29, 1.82) is 0 Å². The molecule has 0 aliphatic rings. The Labute approximate surface area is 112 Å². The molecule has 0 bridgehead atoms. The topological polar surface area (TPSA) is 66.5 Å². The Hall–Kier alpha value is -1.11. The van der Waals surface area contributed by atoms with E-state index >= 15 is 0 Å². The van der Waals surface area contributed by atoms with E-state index in [4.69, 9.17) is 11.6 Å². The number of likely N-dealkylation sites (N-methyl/N-ethyl adjacent to an activating group) is 2. The summed E-state index contributed by atoms with van der Waals surface area (Å²) in [7, 11) is -2.29. The smallest absolute Gasteiger partial charge is 0.243 e. The van der Waals surface area contributed by atoms with E-state index in [0.717, 1.165) is 4.31 Å². The minimum absolute atomic E-state index is 0.110. The molecule has 1 amide bonds. The highest BCUT2D eigenvalue weighted by molar-refractivity contribution is 7.89. The number of hydrogen-bond acceptors (Lipinski definition) is 3. The number of carbonyl (C=O) groups excluding carboxylic acids is 1. The van der Waals surface area contributed by atoms with Crippen molar-refractivity contribution in [3.05, 3.63) is 29.3 Å². The molecule has 7 heteroatoms. The van der Waals surface area contributed by atoms with E-state index in [1.165, 1.54) is 31.3 Å². The molecular weight excluding hydrogens is 276 g/mol. The minimum atomic E-state index is -3.66. The summed E-state index contributed by atoms with van der Waals surface area (Å²) >= 11 is 5.69. The number of nitrogens with zero attached hydrogens (tertiary/aromatic N) is 1. The summed E-state index contributed by atoms with van der Waals surface area (Å²) in [4.78, 5) is 11.5. The zero-order valence-corrected chi connectivity index (χ0v) is 11.8. The van der Waals surface area contributed by atoms with Crippen LogP contribution in [0, 0.1) is 0 Å². The molecule has 5 nitrogen and oxygen atoms in total. The van der Waals surface area contributed by atoms with Gasteiger partial charge in [-0.25, -0.2) is 8.42 Å². The average Bonchev–Trinajstić information content (AvgIpc) is 2.29. The lowest BCUT2D eigenvalue weighted by Crippen LogP contribution is -2.38. The van der Waals surface area contributed by atoms with Gasteiger partial charge in [0.2, 0.25) is 15.9 Å². The SMILES string of the molecule is CCNC(=O)CN(C)S(=O)(=O)c1ccc(Cl)cc1. The normalized spacial score (nSPS) is 11.6. The fourth-order valence-electron chi connectivity index (χ4n) is 1.33. The van der Waals surface area contributed by atoms with Crippen molar-refractivity contribution in [1.82, 2.24) is 9.62 Å². The quantitative estimate of drug-likeness (QED) is 0.883. The van der Waals surface area contributed by atoms with Gasteiger partial charge in [0.15, 0.2) is 0 Å². The van der Waals surface area contributed by atoms with Crippen molar-refractivity contribution >= 4 is 27.5 Å². The summed E-state index contributed by atoms with van der Waals surface area (Å²) in [6.07, 6.45) is 0. The molecule has 0 radical (unpaired) electrons. The Kier molecular flexibility index (Phi) is 5.13. The summed E-state index contributed by atoms with van der Waals surface area (Å²) in [6, 6.07) is 5.81. The Bertz CT molecular complexity index is 514. The van der Waals surface area contributed by atoms with E-state index < -0.39 is 10.0 Å². The minimum Gasteiger partial charge on any atom is -0.355 e. The van der Waals surface area contributed by atoms with Gasteiger partial charge in [-0.05, 0) is 31.2 Å². The Morgan fingerprint density at radius 1 is 1.33 bits per heavy atom. The number of nitrogens with one attached hydrogen (secondary N) is 1. The summed E-state index contributed by atoms with van der Waals surface area (Å²) in [5.41, 5.74) is 0. The van der Waals surface area contributed by atoms with Crippen LogP contribution in [0.1, 0.15) is 6.92 Å². The first-order chi connectivity index (χ1) is 8.37. The van der Waals surface area contributed by atoms with Crippen LogP contribution in [-0.4, -0.2) is 38.8 Å². The third kappa shape index (κ3) is 3.69. The van der Waals surface area contributed by atoms with Gasteiger partial charge in [-0.1, -0.05) is 11.6 Å². The number of benzene rings is 1. The molecule has 18 heavy (non-hydrogen) atoms. The predicted molar refractivity (Wildman–Crippen MR) is 70.0 cm³/mol. The Morgan fingerprint density at radius 3 is 2.39 bits per heavy atom. The van der Waals surface area contributed by atoms with E-state index in [1.807, 2.05) is 0 Å². The van der Waals surface area contributed by atoms with Crippen molar-refractivity contribution in [3.63, 3.8) is 0 Å². The van der Waals surface area contributed by atoms with Crippen LogP contribution >= 0.6 is 11.6 Å². The fourth-order valence-corrected chi connectivity index (χ4v) is 2.58. The third-order valence-electron chi connectivity index (χ3n) is 2.26. The van der Waals surface area contributed by atoms with Crippen molar-refractivity contribution in [2.45, 2.75) is 11.8 Å². The highest BCUT2D eigenvalue weighted by Crippen LogP contribution is 2.17. The van der Waals surface area contributed by atoms with Gasteiger partial charge in [0.05, 0.1) is 11.4 Å². The second-order valence-electron chi connectivity index (χ2n) is 3.67. The van der Waals surface area contributed by atoms with Gasteiger partial charge in [0, 0.05) is 18.6 Å². The van der Waals surface area contributed by atoms with Crippen LogP contribution in [-0.2, 0) is 14.8 Å². The second kappa shape index (κ2) is 6.17. The van der Waals surface area contributed by atoms with E-state index in [2.05, 4.69) is 5.32 Å². The molecule has 0 fully saturated rings. The maximum Gasteiger partial charge on any atom is 0.243 e. The molecule has 0 saturated heterocycles. The molecule has 1 rings (SSSR count). The lowest BCUT2D eigenvalue weighted by atomic mass is 10.4. The van der Waals surface area contributed by atoms with Gasteiger partial charge in [-0.15, -0.1) is 0 Å². The monoisotopic (exact) mass is 290 g/mol. The molecule has 0 heterocycles. The summed E-state index contributed by atoms with van der Waals surface area (Å²) < 4.78 is 25.2. The number of amides is 1. The standard InChI is InChI=1S/C11H15ClN2O3S/c1-3-13-11(15)8-14(2)18(16,17)10-6-4-9(12)5-7-10/h4-7H,3,8H2,1-2H3,(H,13,15). The molecular formula is C11H15ClN2O3S. The van der Waals surface area contributed by atoms with E-state index in [0.29, 0.717) is 11.6 Å². The van der Waals surface area contributed by atoms with Crippen molar-refractivity contribution in [3.8, 4) is 0 Å². The van der Waals surface area contributed by atoms with Gasteiger partial charge in [-0.2, -0.15) is 4.31 Å². The average molecular weight is 291 g/mol. The van der Waals surface area contributed by atoms with Gasteiger partial charge in [0.1, 0.15) is 0 Å². The number of halogens is 1. The lowest BCUT2D eigenvalue weighted by Gasteiger charge is -2.16. The summed E-state index contributed by atoms with van der Waals surface area (Å²) in [5.74, 6) is -0.336. The van der Waals surface area contributed by atoms with Crippen LogP contribution in [0.3, 0.4) is 0 Å². The molecule has 1 N–H and O–H groups in total. The van der Waals surface area contributed by atoms with Crippen LogP contribution in [0.25, 0.3) is 0 Å². The Morgan fingerprint density at radius 2 is 1.89 bits per heavy atom. The number of sulfonamides is 1. The maximum atomic E-state index is 12.1. The van der Waals surface area contributed by atoms with E-state index in [-0.39, 0.29) is 17.3 Å². The van der Waals surface area contributed by atoms with E-state index in [9.17, 15) is 13.2 Å². The number of carbonyl (C=O) groups is 1. The molecule has 0 spiro atoms. The largest absolute Gasteiger partial charge is 0.355 e. The lowest BCUT2D eigenvalue weighted by molar-refractivity contribution is -0.121. The zero-order valence-electron chi connectivity index (χ0n) is 10.2. The predicted octanol–water partition coefficient (Wildman–Crippen LogP) is 1.10. The fraction of sp³-hybridized carbons (Fsp3) is 0.364. The molecule has 0 aliphatic heterocycles. The highest BCUT2D eigenvalue weighted by atomic mass is 35.5. The van der Waals surface area contributed by atoms with Crippen LogP contribution in [0.4, 0.5) is 0 Å². The molecule has 0 unspecified atom stereocenters. The first-order valence-corrected chi connectivity index (χ1v) is 7.18. The third-order valence-corrected chi connectivity index (χ3v) is 4.33. The summed E-state index contributed by atoms with van der Waals surface area (Å²) in [5, 5.41) is 3.00. The first-order valence-electron chi connectivity index (χ1n) is 5.36. The zero-order chi connectivity index (χ0) is 13.8. The van der Waals surface area contributed by atoms with Crippen LogP contribution in [0.5, 0.6) is 0 Å². The molecule has 0 aliphatic carbocycles. The van der Waals surface area contributed by atoms with Gasteiger partial charge < -0.3 is 5.32 Å². The van der Waals surface area contributed by atoms with Gasteiger partial charge >= 0.3 is 0 Å². The molecule has 0 atom stereocenters. The van der Waals surface area contributed by atoms with Gasteiger partial charge in [-0.3, -0.25) is 4.79 Å². The molecule has 0 saturated carbocycles. The molecule has 1 aromatic carbocycles. The van der Waals surface area contributed by atoms with Crippen LogP contribution in [0.2, 0.25) is 5.02 Å². The highest BCUT2D eigenvalue weighted by Gasteiger charge is 2.22. The van der Waals surface area contributed by atoms with Crippen LogP contribution in [0.15, 0.2) is 29.2 Å². The first kappa shape index (κ1) is 14.9. The Balaban J connectivity index is 2.86. The van der Waals surface area contributed by atoms with Crippen molar-refractivity contribution < 1.29 is 13.2 Å². The molecule has 100 valence electrons. The number of rotatable bonds is 5. The number of hydrogen-bond donors (Lipinski definition) is 1. The second-order valence-corrected chi connectivity index (χ2v) is 6.15. The van der Waals surface area contributed by atoms with Crippen molar-refractivity contribution in [2.75, 3.05) is 20.1 Å². The summed E-state index contributed by atoms with van der Waals surface area (Å²) in [6.45, 7) is 2.03. The molecule has 1 aromatic rings.